The van der Waals surface area contributed by atoms with Gasteiger partial charge in [0.05, 0.1) is 5.60 Å². The van der Waals surface area contributed by atoms with Crippen molar-refractivity contribution in [3.63, 3.8) is 0 Å². The number of rotatable bonds is 2. The molecule has 2 aliphatic carbocycles. The first-order chi connectivity index (χ1) is 7.84. The number of fused-ring (bicyclic) bond motifs is 2. The van der Waals surface area contributed by atoms with Crippen LogP contribution in [0.1, 0.15) is 52.4 Å². The molecule has 3 nitrogen and oxygen atoms in total. The van der Waals surface area contributed by atoms with Gasteiger partial charge in [-0.25, -0.2) is 4.79 Å². The van der Waals surface area contributed by atoms with E-state index in [1.54, 1.807) is 6.92 Å². The summed E-state index contributed by atoms with van der Waals surface area (Å²) in [5.74, 6) is 0.0929. The molecule has 0 amide bonds. The van der Waals surface area contributed by atoms with Gasteiger partial charge in [-0.1, -0.05) is 13.5 Å². The molecule has 2 aliphatic rings. The first-order valence-electron chi connectivity index (χ1n) is 6.45. The highest BCUT2D eigenvalue weighted by Crippen LogP contribution is 2.49. The average Bonchev–Trinajstić information content (AvgIpc) is 2.13. The first-order valence-corrected chi connectivity index (χ1v) is 6.45. The summed E-state index contributed by atoms with van der Waals surface area (Å²) >= 11 is 0. The maximum Gasteiger partial charge on any atom is 0.333 e. The molecule has 96 valence electrons. The Bertz CT molecular complexity index is 349. The minimum Gasteiger partial charge on any atom is -0.456 e. The minimum absolute atomic E-state index is 0.316. The van der Waals surface area contributed by atoms with Crippen LogP contribution in [-0.2, 0) is 9.53 Å². The minimum atomic E-state index is -0.620. The quantitative estimate of drug-likeness (QED) is 0.594. The molecular formula is C14H22O3. The largest absolute Gasteiger partial charge is 0.456 e. The number of ether oxygens (including phenoxy) is 1. The summed E-state index contributed by atoms with van der Waals surface area (Å²) in [6, 6.07) is 0. The SMILES string of the molecule is C=C(C)C(=O)OC12CCCC(O)(CC(C)C1)C2. The topological polar surface area (TPSA) is 46.5 Å². The lowest BCUT2D eigenvalue weighted by Crippen LogP contribution is -2.53. The predicted molar refractivity (Wildman–Crippen MR) is 65.5 cm³/mol. The molecule has 0 saturated heterocycles. The molecule has 0 aliphatic heterocycles. The van der Waals surface area contributed by atoms with Crippen LogP contribution in [0.2, 0.25) is 0 Å². The molecule has 0 spiro atoms. The lowest BCUT2D eigenvalue weighted by atomic mass is 9.63. The Labute approximate surface area is 103 Å². The third kappa shape index (κ3) is 2.54. The van der Waals surface area contributed by atoms with Crippen molar-refractivity contribution in [2.75, 3.05) is 0 Å². The van der Waals surface area contributed by atoms with E-state index in [1.807, 2.05) is 0 Å². The molecule has 0 aromatic heterocycles. The highest BCUT2D eigenvalue weighted by atomic mass is 16.6. The molecule has 2 saturated carbocycles. The Morgan fingerprint density at radius 2 is 2.12 bits per heavy atom. The van der Waals surface area contributed by atoms with E-state index < -0.39 is 11.2 Å². The average molecular weight is 238 g/mol. The second-order valence-corrected chi connectivity index (χ2v) is 6.12. The van der Waals surface area contributed by atoms with E-state index in [-0.39, 0.29) is 5.97 Å². The molecule has 3 atom stereocenters. The Balaban J connectivity index is 2.17. The van der Waals surface area contributed by atoms with Gasteiger partial charge in [-0.3, -0.25) is 0 Å². The van der Waals surface area contributed by atoms with Crippen molar-refractivity contribution >= 4 is 5.97 Å². The van der Waals surface area contributed by atoms with Crippen LogP contribution in [0.3, 0.4) is 0 Å². The number of hydrogen-bond acceptors (Lipinski definition) is 3. The van der Waals surface area contributed by atoms with E-state index in [1.165, 1.54) is 0 Å². The molecule has 2 rings (SSSR count). The van der Waals surface area contributed by atoms with Crippen LogP contribution in [0.25, 0.3) is 0 Å². The van der Waals surface area contributed by atoms with Gasteiger partial charge in [-0.15, -0.1) is 0 Å². The molecule has 2 bridgehead atoms. The fourth-order valence-corrected chi connectivity index (χ4v) is 3.63. The molecule has 3 unspecified atom stereocenters. The van der Waals surface area contributed by atoms with Gasteiger partial charge in [-0.2, -0.15) is 0 Å². The van der Waals surface area contributed by atoms with Crippen molar-refractivity contribution in [1.29, 1.82) is 0 Å². The van der Waals surface area contributed by atoms with E-state index in [9.17, 15) is 9.90 Å². The monoisotopic (exact) mass is 238 g/mol. The van der Waals surface area contributed by atoms with Gasteiger partial charge in [0.15, 0.2) is 0 Å². The van der Waals surface area contributed by atoms with Gasteiger partial charge in [0.1, 0.15) is 5.60 Å². The van der Waals surface area contributed by atoms with Gasteiger partial charge in [0.2, 0.25) is 0 Å². The summed E-state index contributed by atoms with van der Waals surface area (Å²) in [6.07, 6.45) is 4.95. The van der Waals surface area contributed by atoms with Gasteiger partial charge >= 0.3 is 5.97 Å². The third-order valence-corrected chi connectivity index (χ3v) is 4.03. The maximum absolute atomic E-state index is 11.7. The Morgan fingerprint density at radius 3 is 2.76 bits per heavy atom. The van der Waals surface area contributed by atoms with Crippen molar-refractivity contribution in [3.05, 3.63) is 12.2 Å². The van der Waals surface area contributed by atoms with Crippen molar-refractivity contribution in [1.82, 2.24) is 0 Å². The molecule has 3 heteroatoms. The number of hydrogen-bond donors (Lipinski definition) is 1. The number of esters is 1. The van der Waals surface area contributed by atoms with Gasteiger partial charge in [-0.05, 0) is 44.9 Å². The highest BCUT2D eigenvalue weighted by molar-refractivity contribution is 5.87. The van der Waals surface area contributed by atoms with E-state index in [0.717, 1.165) is 32.1 Å². The van der Waals surface area contributed by atoms with Crippen molar-refractivity contribution in [2.24, 2.45) is 5.92 Å². The van der Waals surface area contributed by atoms with Gasteiger partial charge in [0.25, 0.3) is 0 Å². The van der Waals surface area contributed by atoms with Crippen LogP contribution >= 0.6 is 0 Å². The van der Waals surface area contributed by atoms with Crippen molar-refractivity contribution in [2.45, 2.75) is 63.6 Å². The van der Waals surface area contributed by atoms with E-state index >= 15 is 0 Å². The number of carbonyl (C=O) groups excluding carboxylic acids is 1. The fourth-order valence-electron chi connectivity index (χ4n) is 3.63. The van der Waals surface area contributed by atoms with Crippen LogP contribution in [-0.4, -0.2) is 22.3 Å². The first kappa shape index (κ1) is 12.6. The third-order valence-electron chi connectivity index (χ3n) is 4.03. The zero-order valence-electron chi connectivity index (χ0n) is 10.8. The molecule has 0 radical (unpaired) electrons. The lowest BCUT2D eigenvalue weighted by Gasteiger charge is -2.51. The summed E-state index contributed by atoms with van der Waals surface area (Å²) in [4.78, 5) is 11.7. The summed E-state index contributed by atoms with van der Waals surface area (Å²) < 4.78 is 5.65. The highest BCUT2D eigenvalue weighted by Gasteiger charge is 2.51. The standard InChI is InChI=1S/C14H22O3/c1-10(2)12(15)17-14-6-4-5-13(16,9-14)7-11(3)8-14/h11,16H,1,4-9H2,2-3H3. The number of aliphatic hydroxyl groups is 1. The smallest absolute Gasteiger partial charge is 0.333 e. The molecular weight excluding hydrogens is 216 g/mol. The van der Waals surface area contributed by atoms with Crippen molar-refractivity contribution < 1.29 is 14.6 Å². The van der Waals surface area contributed by atoms with E-state index in [4.69, 9.17) is 4.74 Å². The summed E-state index contributed by atoms with van der Waals surface area (Å²) in [5, 5.41) is 10.5. The van der Waals surface area contributed by atoms with E-state index in [2.05, 4.69) is 13.5 Å². The Hall–Kier alpha value is -0.830. The van der Waals surface area contributed by atoms with Crippen LogP contribution in [0, 0.1) is 5.92 Å². The van der Waals surface area contributed by atoms with Crippen LogP contribution in [0.15, 0.2) is 12.2 Å². The normalized spacial score (nSPS) is 40.8. The van der Waals surface area contributed by atoms with Gasteiger partial charge < -0.3 is 9.84 Å². The Morgan fingerprint density at radius 1 is 1.41 bits per heavy atom. The lowest BCUT2D eigenvalue weighted by molar-refractivity contribution is -0.187. The molecule has 17 heavy (non-hydrogen) atoms. The molecule has 2 fully saturated rings. The van der Waals surface area contributed by atoms with Gasteiger partial charge in [0, 0.05) is 12.0 Å². The second-order valence-electron chi connectivity index (χ2n) is 6.12. The summed E-state index contributed by atoms with van der Waals surface area (Å²) in [5.41, 5.74) is -0.627. The van der Waals surface area contributed by atoms with E-state index in [0.29, 0.717) is 17.9 Å². The maximum atomic E-state index is 11.7. The molecule has 0 aromatic rings. The molecule has 0 heterocycles. The molecule has 1 N–H and O–H groups in total. The van der Waals surface area contributed by atoms with Crippen LogP contribution in [0.5, 0.6) is 0 Å². The van der Waals surface area contributed by atoms with Crippen LogP contribution in [0.4, 0.5) is 0 Å². The zero-order valence-corrected chi connectivity index (χ0v) is 10.8. The fraction of sp³-hybridized carbons (Fsp3) is 0.786. The Kier molecular flexibility index (Phi) is 3.06. The summed E-state index contributed by atoms with van der Waals surface area (Å²) in [7, 11) is 0. The second kappa shape index (κ2) is 4.13. The zero-order chi connectivity index (χ0) is 12.7. The van der Waals surface area contributed by atoms with Crippen molar-refractivity contribution in [3.8, 4) is 0 Å². The molecule has 0 aromatic carbocycles. The predicted octanol–water partition coefficient (Wildman–Crippen LogP) is 2.58. The van der Waals surface area contributed by atoms with Crippen LogP contribution < -0.4 is 0 Å². The number of carbonyl (C=O) groups is 1. The summed E-state index contributed by atoms with van der Waals surface area (Å²) in [6.45, 7) is 7.41.